The van der Waals surface area contributed by atoms with Crippen LogP contribution in [0.3, 0.4) is 0 Å². The fourth-order valence-electron chi connectivity index (χ4n) is 4.47. The number of hydrogen-bond donors (Lipinski definition) is 0. The molecule has 4 atom stereocenters. The van der Waals surface area contributed by atoms with Crippen LogP contribution in [0, 0.1) is 22.7 Å². The average molecular weight is 339 g/mol. The summed E-state index contributed by atoms with van der Waals surface area (Å²) in [4.78, 5) is 12.3. The molecule has 2 fully saturated rings. The van der Waals surface area contributed by atoms with Crippen LogP contribution in [0.15, 0.2) is 0 Å². The Morgan fingerprint density at radius 3 is 1.54 bits per heavy atom. The molecule has 0 heterocycles. The fraction of sp³-hybridized carbons (Fsp3) is 0.952. The number of carbonyl (C=O) groups excluding carboxylic acids is 1. The van der Waals surface area contributed by atoms with Crippen LogP contribution < -0.4 is 0 Å². The number of hydrogen-bond acceptors (Lipinski definition) is 3. The molecule has 0 aromatic carbocycles. The zero-order valence-corrected chi connectivity index (χ0v) is 16.7. The quantitative estimate of drug-likeness (QED) is 0.560. The van der Waals surface area contributed by atoms with Crippen LogP contribution in [0.2, 0.25) is 0 Å². The zero-order valence-electron chi connectivity index (χ0n) is 16.7. The molecule has 4 unspecified atom stereocenters. The van der Waals surface area contributed by atoms with E-state index in [-0.39, 0.29) is 23.0 Å². The molecule has 140 valence electrons. The highest BCUT2D eigenvalue weighted by Crippen LogP contribution is 2.44. The van der Waals surface area contributed by atoms with Gasteiger partial charge in [0.1, 0.15) is 12.2 Å². The van der Waals surface area contributed by atoms with Crippen molar-refractivity contribution in [2.45, 2.75) is 105 Å². The third-order valence-corrected chi connectivity index (χ3v) is 7.25. The second-order valence-corrected chi connectivity index (χ2v) is 9.54. The molecule has 3 heteroatoms. The maximum Gasteiger partial charge on any atom is 0.508 e. The molecule has 0 aromatic heterocycles. The molecule has 3 nitrogen and oxygen atoms in total. The van der Waals surface area contributed by atoms with Gasteiger partial charge in [-0.2, -0.15) is 0 Å². The van der Waals surface area contributed by atoms with E-state index in [0.29, 0.717) is 11.8 Å². The van der Waals surface area contributed by atoms with Gasteiger partial charge < -0.3 is 9.47 Å². The molecule has 0 N–H and O–H groups in total. The molecule has 0 bridgehead atoms. The highest BCUT2D eigenvalue weighted by molar-refractivity contribution is 5.60. The molecule has 2 aliphatic rings. The fourth-order valence-corrected chi connectivity index (χ4v) is 4.47. The first-order valence-corrected chi connectivity index (χ1v) is 10.0. The molecule has 0 saturated heterocycles. The Labute approximate surface area is 148 Å². The number of ether oxygens (including phenoxy) is 2. The van der Waals surface area contributed by atoms with Gasteiger partial charge in [-0.25, -0.2) is 4.79 Å². The van der Waals surface area contributed by atoms with E-state index >= 15 is 0 Å². The standard InChI is InChI=1S/C21H38O3/c1-15(2)20(5)11-7-9-17(13-20)23-19(22)24-18-10-8-12-21(6,14-18)16(3)4/h15-18H,7-14H2,1-6H3. The topological polar surface area (TPSA) is 35.5 Å². The van der Waals surface area contributed by atoms with Gasteiger partial charge in [0.05, 0.1) is 0 Å². The third kappa shape index (κ3) is 4.67. The minimum atomic E-state index is -0.439. The van der Waals surface area contributed by atoms with Crippen LogP contribution in [-0.4, -0.2) is 18.4 Å². The molecule has 0 amide bonds. The zero-order chi connectivity index (χ0) is 18.0. The SMILES string of the molecule is CC(C)C1(C)CCCC(OC(=O)OC2CCCC(C)(C(C)C)C2)C1. The van der Waals surface area contributed by atoms with E-state index in [1.807, 2.05) is 0 Å². The van der Waals surface area contributed by atoms with Gasteiger partial charge in [0.15, 0.2) is 0 Å². The van der Waals surface area contributed by atoms with Gasteiger partial charge in [-0.05, 0) is 74.0 Å². The summed E-state index contributed by atoms with van der Waals surface area (Å²) in [5.41, 5.74) is 0.564. The molecule has 0 radical (unpaired) electrons. The van der Waals surface area contributed by atoms with Crippen molar-refractivity contribution in [1.82, 2.24) is 0 Å². The second-order valence-electron chi connectivity index (χ2n) is 9.54. The Hall–Kier alpha value is -0.730. The Morgan fingerprint density at radius 2 is 1.21 bits per heavy atom. The lowest BCUT2D eigenvalue weighted by molar-refractivity contribution is -0.0559. The molecule has 0 aliphatic heterocycles. The van der Waals surface area contributed by atoms with Crippen molar-refractivity contribution in [2.75, 3.05) is 0 Å². The molecule has 24 heavy (non-hydrogen) atoms. The van der Waals surface area contributed by atoms with Gasteiger partial charge in [0.2, 0.25) is 0 Å². The summed E-state index contributed by atoms with van der Waals surface area (Å²) in [7, 11) is 0. The first-order chi connectivity index (χ1) is 11.1. The Kier molecular flexibility index (Phi) is 6.25. The minimum absolute atomic E-state index is 0.0266. The largest absolute Gasteiger partial charge is 0.508 e. The van der Waals surface area contributed by atoms with E-state index in [0.717, 1.165) is 38.5 Å². The number of rotatable bonds is 4. The molecule has 2 saturated carbocycles. The summed E-state index contributed by atoms with van der Waals surface area (Å²) in [6, 6.07) is 0. The van der Waals surface area contributed by atoms with Crippen LogP contribution in [-0.2, 0) is 9.47 Å². The number of carbonyl (C=O) groups is 1. The van der Waals surface area contributed by atoms with Crippen LogP contribution in [0.4, 0.5) is 4.79 Å². The molecule has 2 rings (SSSR count). The third-order valence-electron chi connectivity index (χ3n) is 7.25. The molecule has 2 aliphatic carbocycles. The van der Waals surface area contributed by atoms with E-state index in [1.54, 1.807) is 0 Å². The van der Waals surface area contributed by atoms with Gasteiger partial charge in [-0.1, -0.05) is 41.5 Å². The lowest BCUT2D eigenvalue weighted by Crippen LogP contribution is -2.38. The van der Waals surface area contributed by atoms with E-state index in [4.69, 9.17) is 9.47 Å². The van der Waals surface area contributed by atoms with Crippen molar-refractivity contribution in [3.63, 3.8) is 0 Å². The van der Waals surface area contributed by atoms with E-state index in [9.17, 15) is 4.79 Å². The summed E-state index contributed by atoms with van der Waals surface area (Å²) >= 11 is 0. The monoisotopic (exact) mass is 338 g/mol. The smallest absolute Gasteiger partial charge is 0.431 e. The van der Waals surface area contributed by atoms with E-state index < -0.39 is 6.16 Å². The van der Waals surface area contributed by atoms with Crippen molar-refractivity contribution >= 4 is 6.16 Å². The predicted octanol–water partition coefficient (Wildman–Crippen LogP) is 6.35. The molecular formula is C21H38O3. The lowest BCUT2D eigenvalue weighted by Gasteiger charge is -2.42. The lowest BCUT2D eigenvalue weighted by atomic mass is 9.67. The van der Waals surface area contributed by atoms with Crippen molar-refractivity contribution in [1.29, 1.82) is 0 Å². The summed E-state index contributed by atoms with van der Waals surface area (Å²) < 4.78 is 11.4. The van der Waals surface area contributed by atoms with Crippen LogP contribution >= 0.6 is 0 Å². The minimum Gasteiger partial charge on any atom is -0.431 e. The van der Waals surface area contributed by atoms with Gasteiger partial charge in [-0.3, -0.25) is 0 Å². The predicted molar refractivity (Wildman–Crippen MR) is 98.0 cm³/mol. The molecular weight excluding hydrogens is 300 g/mol. The first-order valence-electron chi connectivity index (χ1n) is 10.0. The van der Waals surface area contributed by atoms with Crippen LogP contribution in [0.1, 0.15) is 92.9 Å². The summed E-state index contributed by atoms with van der Waals surface area (Å²) in [5, 5.41) is 0. The van der Waals surface area contributed by atoms with E-state index in [1.165, 1.54) is 12.8 Å². The van der Waals surface area contributed by atoms with Gasteiger partial charge in [0, 0.05) is 0 Å². The Balaban J connectivity index is 1.85. The van der Waals surface area contributed by atoms with Gasteiger partial charge in [-0.15, -0.1) is 0 Å². The average Bonchev–Trinajstić information content (AvgIpc) is 2.46. The van der Waals surface area contributed by atoms with Crippen molar-refractivity contribution in [2.24, 2.45) is 22.7 Å². The van der Waals surface area contributed by atoms with Crippen molar-refractivity contribution in [3.05, 3.63) is 0 Å². The highest BCUT2D eigenvalue weighted by atomic mass is 16.7. The van der Waals surface area contributed by atoms with Crippen LogP contribution in [0.25, 0.3) is 0 Å². The summed E-state index contributed by atoms with van der Waals surface area (Å²) in [6.07, 6.45) is 8.25. The Morgan fingerprint density at radius 1 is 0.833 bits per heavy atom. The normalized spacial score (nSPS) is 37.5. The van der Waals surface area contributed by atoms with Crippen molar-refractivity contribution in [3.8, 4) is 0 Å². The van der Waals surface area contributed by atoms with E-state index in [2.05, 4.69) is 41.5 Å². The van der Waals surface area contributed by atoms with Crippen LogP contribution in [0.5, 0.6) is 0 Å². The first kappa shape index (κ1) is 19.6. The van der Waals surface area contributed by atoms with Gasteiger partial charge in [0.25, 0.3) is 0 Å². The maximum absolute atomic E-state index is 12.3. The van der Waals surface area contributed by atoms with Gasteiger partial charge >= 0.3 is 6.16 Å². The maximum atomic E-state index is 12.3. The summed E-state index contributed by atoms with van der Waals surface area (Å²) in [6.45, 7) is 13.7. The second kappa shape index (κ2) is 7.66. The van der Waals surface area contributed by atoms with Crippen molar-refractivity contribution < 1.29 is 14.3 Å². The summed E-state index contributed by atoms with van der Waals surface area (Å²) in [5.74, 6) is 1.23. The Bertz CT molecular complexity index is 393. The highest BCUT2D eigenvalue weighted by Gasteiger charge is 2.39. The molecule has 0 aromatic rings. The molecule has 0 spiro atoms.